The van der Waals surface area contributed by atoms with Crippen LogP contribution >= 0.6 is 11.3 Å². The number of thiophene rings is 1. The summed E-state index contributed by atoms with van der Waals surface area (Å²) >= 11 is 1.62. The standard InChI is InChI=1S/C20H18FNO2S/c1-14(18-9-2-3-10-19(18)21)22-20(23)15-6-4-7-16(12-15)24-13-17-8-5-11-25-17/h2-12,14H,13H2,1H3,(H,22,23). The van der Waals surface area contributed by atoms with Crippen LogP contribution in [0.1, 0.15) is 33.8 Å². The summed E-state index contributed by atoms with van der Waals surface area (Å²) in [4.78, 5) is 13.6. The maximum atomic E-state index is 13.8. The van der Waals surface area contributed by atoms with E-state index in [1.165, 1.54) is 6.07 Å². The fourth-order valence-electron chi connectivity index (χ4n) is 2.46. The van der Waals surface area contributed by atoms with Crippen molar-refractivity contribution >= 4 is 17.2 Å². The highest BCUT2D eigenvalue weighted by Crippen LogP contribution is 2.19. The first-order valence-electron chi connectivity index (χ1n) is 7.94. The average Bonchev–Trinajstić information content (AvgIpc) is 3.14. The van der Waals surface area contributed by atoms with E-state index in [4.69, 9.17) is 4.74 Å². The van der Waals surface area contributed by atoms with Crippen LogP contribution in [0.15, 0.2) is 66.0 Å². The Balaban J connectivity index is 1.65. The van der Waals surface area contributed by atoms with Gasteiger partial charge in [-0.1, -0.05) is 30.3 Å². The monoisotopic (exact) mass is 355 g/mol. The van der Waals surface area contributed by atoms with Gasteiger partial charge in [-0.2, -0.15) is 0 Å². The number of benzene rings is 2. The molecule has 0 bridgehead atoms. The molecule has 3 rings (SSSR count). The van der Waals surface area contributed by atoms with Crippen LogP contribution in [0.25, 0.3) is 0 Å². The highest BCUT2D eigenvalue weighted by Gasteiger charge is 2.14. The number of hydrogen-bond acceptors (Lipinski definition) is 3. The summed E-state index contributed by atoms with van der Waals surface area (Å²) in [5.74, 6) is 0.0280. The lowest BCUT2D eigenvalue weighted by Crippen LogP contribution is -2.27. The van der Waals surface area contributed by atoms with E-state index in [2.05, 4.69) is 5.32 Å². The molecule has 0 fully saturated rings. The second-order valence-corrected chi connectivity index (χ2v) is 6.64. The second-order valence-electron chi connectivity index (χ2n) is 5.61. The Morgan fingerprint density at radius 3 is 2.76 bits per heavy atom. The molecule has 128 valence electrons. The molecule has 2 aromatic carbocycles. The third-order valence-electron chi connectivity index (χ3n) is 3.78. The third-order valence-corrected chi connectivity index (χ3v) is 4.63. The Morgan fingerprint density at radius 2 is 2.00 bits per heavy atom. The number of carbonyl (C=O) groups excluding carboxylic acids is 1. The molecule has 0 saturated carbocycles. The van der Waals surface area contributed by atoms with Crippen molar-refractivity contribution in [1.82, 2.24) is 5.32 Å². The Kier molecular flexibility index (Phi) is 5.46. The van der Waals surface area contributed by atoms with Gasteiger partial charge in [-0.15, -0.1) is 11.3 Å². The van der Waals surface area contributed by atoms with Crippen LogP contribution in [-0.4, -0.2) is 5.91 Å². The van der Waals surface area contributed by atoms with Gasteiger partial charge in [-0.05, 0) is 42.6 Å². The van der Waals surface area contributed by atoms with Crippen molar-refractivity contribution in [2.45, 2.75) is 19.6 Å². The summed E-state index contributed by atoms with van der Waals surface area (Å²) in [7, 11) is 0. The summed E-state index contributed by atoms with van der Waals surface area (Å²) in [6.07, 6.45) is 0. The Hall–Kier alpha value is -2.66. The van der Waals surface area contributed by atoms with Crippen LogP contribution in [0.3, 0.4) is 0 Å². The highest BCUT2D eigenvalue weighted by atomic mass is 32.1. The molecule has 1 N–H and O–H groups in total. The molecule has 3 aromatic rings. The maximum Gasteiger partial charge on any atom is 0.251 e. The molecule has 0 spiro atoms. The quantitative estimate of drug-likeness (QED) is 0.679. The van der Waals surface area contributed by atoms with Crippen LogP contribution in [0.5, 0.6) is 5.75 Å². The van der Waals surface area contributed by atoms with Crippen LogP contribution in [0.4, 0.5) is 4.39 Å². The molecule has 0 aliphatic rings. The minimum absolute atomic E-state index is 0.266. The molecule has 0 saturated heterocycles. The van der Waals surface area contributed by atoms with E-state index in [1.807, 2.05) is 23.6 Å². The largest absolute Gasteiger partial charge is 0.488 e. The van der Waals surface area contributed by atoms with E-state index < -0.39 is 6.04 Å². The highest BCUT2D eigenvalue weighted by molar-refractivity contribution is 7.09. The molecule has 1 heterocycles. The molecular formula is C20H18FNO2S. The molecule has 5 heteroatoms. The van der Waals surface area contributed by atoms with Gasteiger partial charge in [0, 0.05) is 16.0 Å². The lowest BCUT2D eigenvalue weighted by atomic mass is 10.1. The van der Waals surface area contributed by atoms with Gasteiger partial charge in [0.1, 0.15) is 18.2 Å². The summed E-state index contributed by atoms with van der Waals surface area (Å²) < 4.78 is 19.5. The van der Waals surface area contributed by atoms with E-state index >= 15 is 0 Å². The maximum absolute atomic E-state index is 13.8. The molecular weight excluding hydrogens is 337 g/mol. The fraction of sp³-hybridized carbons (Fsp3) is 0.150. The normalized spacial score (nSPS) is 11.8. The van der Waals surface area contributed by atoms with Crippen LogP contribution in [0.2, 0.25) is 0 Å². The summed E-state index contributed by atoms with van der Waals surface area (Å²) in [6.45, 7) is 2.22. The summed E-state index contributed by atoms with van der Waals surface area (Å²) in [6, 6.07) is 17.0. The first-order valence-corrected chi connectivity index (χ1v) is 8.82. The van der Waals surface area contributed by atoms with Crippen molar-refractivity contribution < 1.29 is 13.9 Å². The Bertz CT molecular complexity index is 848. The third kappa shape index (κ3) is 4.45. The number of rotatable bonds is 6. The number of ether oxygens (including phenoxy) is 1. The summed E-state index contributed by atoms with van der Waals surface area (Å²) in [5.41, 5.74) is 0.938. The van der Waals surface area contributed by atoms with Crippen LogP contribution < -0.4 is 10.1 Å². The van der Waals surface area contributed by atoms with Crippen LogP contribution in [-0.2, 0) is 6.61 Å². The number of carbonyl (C=O) groups is 1. The van der Waals surface area contributed by atoms with Gasteiger partial charge >= 0.3 is 0 Å². The molecule has 1 unspecified atom stereocenters. The van der Waals surface area contributed by atoms with Gasteiger partial charge in [0.05, 0.1) is 6.04 Å². The molecule has 1 atom stereocenters. The predicted octanol–water partition coefficient (Wildman–Crippen LogP) is 4.96. The minimum atomic E-state index is -0.426. The lowest BCUT2D eigenvalue weighted by molar-refractivity contribution is 0.0939. The van der Waals surface area contributed by atoms with Gasteiger partial charge in [0.15, 0.2) is 0 Å². The van der Waals surface area contributed by atoms with E-state index in [0.29, 0.717) is 23.5 Å². The molecule has 0 radical (unpaired) electrons. The molecule has 1 amide bonds. The molecule has 25 heavy (non-hydrogen) atoms. The molecule has 1 aromatic heterocycles. The van der Waals surface area contributed by atoms with Crippen molar-refractivity contribution in [2.24, 2.45) is 0 Å². The molecule has 0 aliphatic carbocycles. The van der Waals surface area contributed by atoms with Gasteiger partial charge in [-0.3, -0.25) is 4.79 Å². The Labute approximate surface area is 150 Å². The van der Waals surface area contributed by atoms with Crippen molar-refractivity contribution in [3.05, 3.63) is 87.9 Å². The van der Waals surface area contributed by atoms with Crippen molar-refractivity contribution in [1.29, 1.82) is 0 Å². The predicted molar refractivity (Wildman–Crippen MR) is 97.4 cm³/mol. The van der Waals surface area contributed by atoms with E-state index in [1.54, 1.807) is 54.7 Å². The number of amides is 1. The molecule has 3 nitrogen and oxygen atoms in total. The summed E-state index contributed by atoms with van der Waals surface area (Å²) in [5, 5.41) is 4.81. The van der Waals surface area contributed by atoms with Gasteiger partial charge in [-0.25, -0.2) is 4.39 Å². The van der Waals surface area contributed by atoms with Crippen molar-refractivity contribution in [2.75, 3.05) is 0 Å². The SMILES string of the molecule is CC(NC(=O)c1cccc(OCc2cccs2)c1)c1ccccc1F. The van der Waals surface area contributed by atoms with Gasteiger partial charge < -0.3 is 10.1 Å². The minimum Gasteiger partial charge on any atom is -0.488 e. The van der Waals surface area contributed by atoms with Gasteiger partial charge in [0.2, 0.25) is 0 Å². The fourth-order valence-corrected chi connectivity index (χ4v) is 3.08. The first kappa shape index (κ1) is 17.2. The van der Waals surface area contributed by atoms with Crippen LogP contribution in [0, 0.1) is 5.82 Å². The topological polar surface area (TPSA) is 38.3 Å². The molecule has 0 aliphatic heterocycles. The van der Waals surface area contributed by atoms with E-state index in [0.717, 1.165) is 4.88 Å². The first-order chi connectivity index (χ1) is 12.1. The van der Waals surface area contributed by atoms with Crippen molar-refractivity contribution in [3.63, 3.8) is 0 Å². The Morgan fingerprint density at radius 1 is 1.16 bits per heavy atom. The number of nitrogens with one attached hydrogen (secondary N) is 1. The number of hydrogen-bond donors (Lipinski definition) is 1. The average molecular weight is 355 g/mol. The van der Waals surface area contributed by atoms with Gasteiger partial charge in [0.25, 0.3) is 5.91 Å². The zero-order chi connectivity index (χ0) is 17.6. The second kappa shape index (κ2) is 7.94. The lowest BCUT2D eigenvalue weighted by Gasteiger charge is -2.15. The zero-order valence-electron chi connectivity index (χ0n) is 13.7. The van der Waals surface area contributed by atoms with E-state index in [9.17, 15) is 9.18 Å². The number of halogens is 1. The zero-order valence-corrected chi connectivity index (χ0v) is 14.6. The van der Waals surface area contributed by atoms with Crippen molar-refractivity contribution in [3.8, 4) is 5.75 Å². The van der Waals surface area contributed by atoms with E-state index in [-0.39, 0.29) is 11.7 Å². The smallest absolute Gasteiger partial charge is 0.251 e.